The van der Waals surface area contributed by atoms with Gasteiger partial charge in [0.05, 0.1) is 5.54 Å². The van der Waals surface area contributed by atoms with E-state index in [1.165, 1.54) is 0 Å². The standard InChI is InChI=1S/C13H17N5O/c1-13(2,14)12(19)16-10-6-4-5-9(7-10)11-17-15-8-18(11)3/h4-8H,14H2,1-3H3,(H,16,19). The Bertz CT molecular complexity index is 597. The zero-order valence-corrected chi connectivity index (χ0v) is 11.2. The molecule has 0 aliphatic rings. The molecule has 0 saturated carbocycles. The first-order valence-electron chi connectivity index (χ1n) is 5.92. The number of benzene rings is 1. The highest BCUT2D eigenvalue weighted by molar-refractivity contribution is 5.97. The average molecular weight is 259 g/mol. The summed E-state index contributed by atoms with van der Waals surface area (Å²) in [4.78, 5) is 11.8. The molecular weight excluding hydrogens is 242 g/mol. The molecule has 19 heavy (non-hydrogen) atoms. The quantitative estimate of drug-likeness (QED) is 0.866. The molecule has 0 saturated heterocycles. The first-order chi connectivity index (χ1) is 8.88. The molecule has 2 rings (SSSR count). The Morgan fingerprint density at radius 1 is 1.42 bits per heavy atom. The summed E-state index contributed by atoms with van der Waals surface area (Å²) in [7, 11) is 1.86. The lowest BCUT2D eigenvalue weighted by atomic mass is 10.1. The molecule has 100 valence electrons. The summed E-state index contributed by atoms with van der Waals surface area (Å²) in [5.41, 5.74) is 6.40. The van der Waals surface area contributed by atoms with Crippen molar-refractivity contribution in [1.82, 2.24) is 14.8 Å². The molecule has 1 heterocycles. The first kappa shape index (κ1) is 13.2. The Balaban J connectivity index is 2.26. The third-order valence-electron chi connectivity index (χ3n) is 2.68. The number of aryl methyl sites for hydroxylation is 1. The Morgan fingerprint density at radius 3 is 2.74 bits per heavy atom. The highest BCUT2D eigenvalue weighted by atomic mass is 16.2. The van der Waals surface area contributed by atoms with Gasteiger partial charge in [-0.3, -0.25) is 4.79 Å². The molecule has 0 aliphatic carbocycles. The van der Waals surface area contributed by atoms with E-state index >= 15 is 0 Å². The topological polar surface area (TPSA) is 85.8 Å². The second kappa shape index (κ2) is 4.81. The van der Waals surface area contributed by atoms with E-state index in [0.717, 1.165) is 11.4 Å². The van der Waals surface area contributed by atoms with E-state index in [2.05, 4.69) is 15.5 Å². The average Bonchev–Trinajstić information content (AvgIpc) is 2.74. The van der Waals surface area contributed by atoms with Gasteiger partial charge in [-0.05, 0) is 26.0 Å². The van der Waals surface area contributed by atoms with Gasteiger partial charge in [0.2, 0.25) is 5.91 Å². The smallest absolute Gasteiger partial charge is 0.243 e. The first-order valence-corrected chi connectivity index (χ1v) is 5.92. The number of rotatable bonds is 3. The van der Waals surface area contributed by atoms with Gasteiger partial charge in [0.25, 0.3) is 0 Å². The summed E-state index contributed by atoms with van der Waals surface area (Å²) in [6.45, 7) is 3.32. The van der Waals surface area contributed by atoms with Crippen LogP contribution in [0.3, 0.4) is 0 Å². The Kier molecular flexibility index (Phi) is 3.35. The fourth-order valence-electron chi connectivity index (χ4n) is 1.57. The van der Waals surface area contributed by atoms with Crippen LogP contribution in [0.1, 0.15) is 13.8 Å². The Morgan fingerprint density at radius 2 is 2.16 bits per heavy atom. The van der Waals surface area contributed by atoms with Crippen molar-refractivity contribution in [3.05, 3.63) is 30.6 Å². The number of amides is 1. The molecule has 6 nitrogen and oxygen atoms in total. The maximum atomic E-state index is 11.8. The van der Waals surface area contributed by atoms with E-state index in [0.29, 0.717) is 5.69 Å². The number of aromatic nitrogens is 3. The minimum atomic E-state index is -0.916. The van der Waals surface area contributed by atoms with Gasteiger partial charge in [-0.15, -0.1) is 10.2 Å². The van der Waals surface area contributed by atoms with Crippen LogP contribution in [0.25, 0.3) is 11.4 Å². The second-order valence-corrected chi connectivity index (χ2v) is 5.02. The molecule has 2 aromatic rings. The number of carbonyl (C=O) groups excluding carboxylic acids is 1. The van der Waals surface area contributed by atoms with Crippen LogP contribution < -0.4 is 11.1 Å². The monoisotopic (exact) mass is 259 g/mol. The van der Waals surface area contributed by atoms with E-state index in [1.54, 1.807) is 20.2 Å². The van der Waals surface area contributed by atoms with E-state index in [-0.39, 0.29) is 5.91 Å². The van der Waals surface area contributed by atoms with Crippen LogP contribution in [0, 0.1) is 0 Å². The molecular formula is C13H17N5O. The summed E-state index contributed by atoms with van der Waals surface area (Å²) in [5, 5.41) is 10.6. The molecule has 1 amide bonds. The maximum absolute atomic E-state index is 11.8. The van der Waals surface area contributed by atoms with Crippen molar-refractivity contribution in [3.63, 3.8) is 0 Å². The van der Waals surface area contributed by atoms with Crippen LogP contribution in [0.4, 0.5) is 5.69 Å². The van der Waals surface area contributed by atoms with Crippen molar-refractivity contribution in [1.29, 1.82) is 0 Å². The number of nitrogens with two attached hydrogens (primary N) is 1. The minimum absolute atomic E-state index is 0.234. The second-order valence-electron chi connectivity index (χ2n) is 5.02. The number of nitrogens with zero attached hydrogens (tertiary/aromatic N) is 3. The Labute approximate surface area is 111 Å². The van der Waals surface area contributed by atoms with Crippen LogP contribution >= 0.6 is 0 Å². The third kappa shape index (κ3) is 2.97. The van der Waals surface area contributed by atoms with Gasteiger partial charge in [-0.25, -0.2) is 0 Å². The molecule has 0 bridgehead atoms. The van der Waals surface area contributed by atoms with Crippen molar-refractivity contribution in [2.24, 2.45) is 12.8 Å². The molecule has 0 aliphatic heterocycles. The lowest BCUT2D eigenvalue weighted by Gasteiger charge is -2.18. The normalized spacial score (nSPS) is 11.4. The van der Waals surface area contributed by atoms with Crippen LogP contribution in [-0.2, 0) is 11.8 Å². The fourth-order valence-corrected chi connectivity index (χ4v) is 1.57. The lowest BCUT2D eigenvalue weighted by Crippen LogP contribution is -2.45. The molecule has 3 N–H and O–H groups in total. The molecule has 0 atom stereocenters. The maximum Gasteiger partial charge on any atom is 0.243 e. The summed E-state index contributed by atoms with van der Waals surface area (Å²) >= 11 is 0. The molecule has 0 spiro atoms. The minimum Gasteiger partial charge on any atom is -0.324 e. The number of hydrogen-bond acceptors (Lipinski definition) is 4. The predicted octanol–water partition coefficient (Wildman–Crippen LogP) is 1.16. The molecule has 0 fully saturated rings. The van der Waals surface area contributed by atoms with Crippen molar-refractivity contribution in [2.75, 3.05) is 5.32 Å². The van der Waals surface area contributed by atoms with Gasteiger partial charge >= 0.3 is 0 Å². The highest BCUT2D eigenvalue weighted by Gasteiger charge is 2.21. The number of anilines is 1. The SMILES string of the molecule is Cn1cnnc1-c1cccc(NC(=O)C(C)(C)N)c1. The van der Waals surface area contributed by atoms with Gasteiger partial charge in [0.1, 0.15) is 6.33 Å². The molecule has 1 aromatic carbocycles. The summed E-state index contributed by atoms with van der Waals surface area (Å²) < 4.78 is 1.81. The van der Waals surface area contributed by atoms with Crippen molar-refractivity contribution < 1.29 is 4.79 Å². The highest BCUT2D eigenvalue weighted by Crippen LogP contribution is 2.20. The summed E-state index contributed by atoms with van der Waals surface area (Å²) in [5.74, 6) is 0.505. The largest absolute Gasteiger partial charge is 0.324 e. The zero-order valence-electron chi connectivity index (χ0n) is 11.2. The molecule has 0 unspecified atom stereocenters. The lowest BCUT2D eigenvalue weighted by molar-refractivity contribution is -0.120. The van der Waals surface area contributed by atoms with Gasteiger partial charge in [-0.2, -0.15) is 0 Å². The van der Waals surface area contributed by atoms with Gasteiger partial charge in [0.15, 0.2) is 5.82 Å². The molecule has 0 radical (unpaired) electrons. The van der Waals surface area contributed by atoms with Crippen LogP contribution in [0.5, 0.6) is 0 Å². The fraction of sp³-hybridized carbons (Fsp3) is 0.308. The summed E-state index contributed by atoms with van der Waals surface area (Å²) in [6, 6.07) is 7.41. The van der Waals surface area contributed by atoms with Crippen LogP contribution in [0.15, 0.2) is 30.6 Å². The van der Waals surface area contributed by atoms with Gasteiger partial charge < -0.3 is 15.6 Å². The number of hydrogen-bond donors (Lipinski definition) is 2. The van der Waals surface area contributed by atoms with Crippen LogP contribution in [0.2, 0.25) is 0 Å². The van der Waals surface area contributed by atoms with E-state index in [4.69, 9.17) is 5.73 Å². The van der Waals surface area contributed by atoms with E-state index in [9.17, 15) is 4.79 Å². The van der Waals surface area contributed by atoms with E-state index in [1.807, 2.05) is 35.9 Å². The molecule has 1 aromatic heterocycles. The van der Waals surface area contributed by atoms with Crippen molar-refractivity contribution in [2.45, 2.75) is 19.4 Å². The van der Waals surface area contributed by atoms with Crippen molar-refractivity contribution >= 4 is 11.6 Å². The van der Waals surface area contributed by atoms with Gasteiger partial charge in [0, 0.05) is 18.3 Å². The van der Waals surface area contributed by atoms with Crippen molar-refractivity contribution in [3.8, 4) is 11.4 Å². The van der Waals surface area contributed by atoms with Gasteiger partial charge in [-0.1, -0.05) is 12.1 Å². The summed E-state index contributed by atoms with van der Waals surface area (Å²) in [6.07, 6.45) is 1.63. The number of nitrogens with one attached hydrogen (secondary N) is 1. The number of carbonyl (C=O) groups is 1. The predicted molar refractivity (Wildman–Crippen MR) is 73.3 cm³/mol. The van der Waals surface area contributed by atoms with Crippen LogP contribution in [-0.4, -0.2) is 26.2 Å². The van der Waals surface area contributed by atoms with E-state index < -0.39 is 5.54 Å². The Hall–Kier alpha value is -2.21. The zero-order chi connectivity index (χ0) is 14.0. The third-order valence-corrected chi connectivity index (χ3v) is 2.68. The molecule has 6 heteroatoms.